The number of ether oxygens (including phenoxy) is 8. The van der Waals surface area contributed by atoms with Crippen molar-refractivity contribution < 1.29 is 56.7 Å². The van der Waals surface area contributed by atoms with Gasteiger partial charge < -0.3 is 42.3 Å². The molecule has 3 aliphatic rings. The lowest BCUT2D eigenvalue weighted by Gasteiger charge is -2.52. The molecular formula is C33H42O12Si. The molecule has 0 radical (unpaired) electrons. The van der Waals surface area contributed by atoms with E-state index in [0.717, 1.165) is 10.4 Å². The van der Waals surface area contributed by atoms with Crippen LogP contribution in [0.3, 0.4) is 0 Å². The summed E-state index contributed by atoms with van der Waals surface area (Å²) in [7, 11) is -1.74. The van der Waals surface area contributed by atoms with Crippen LogP contribution < -0.4 is 10.4 Å². The molecule has 46 heavy (non-hydrogen) atoms. The van der Waals surface area contributed by atoms with E-state index in [1.54, 1.807) is 0 Å². The zero-order valence-electron chi connectivity index (χ0n) is 27.1. The Labute approximate surface area is 269 Å². The van der Waals surface area contributed by atoms with Gasteiger partial charge in [0.25, 0.3) is 8.32 Å². The molecule has 13 heteroatoms. The van der Waals surface area contributed by atoms with Crippen LogP contribution in [0.1, 0.15) is 41.5 Å². The van der Waals surface area contributed by atoms with Gasteiger partial charge in [-0.3, -0.25) is 14.4 Å². The maximum atomic E-state index is 12.7. The molecule has 5 rings (SSSR count). The standard InChI is InChI=1S/C33H42O12Si/c1-20(34)41-26-27(42-21(2)35)30(37-7)45-33(28(26)43-22(3)36)25(44-31-29(33)38-19-39-31)18-40-46(32(4,5)6,23-14-10-8-11-15-23)24-16-12-9-13-17-24/h8-17,25-31H,18-19H2,1-7H3/t25-,26-,27+,28+,29-,30-,31-,33+/m1/s1. The van der Waals surface area contributed by atoms with Gasteiger partial charge in [-0.05, 0) is 15.4 Å². The Balaban J connectivity index is 1.65. The third kappa shape index (κ3) is 6.12. The largest absolute Gasteiger partial charge is 0.455 e. The zero-order chi connectivity index (χ0) is 33.3. The number of rotatable bonds is 9. The van der Waals surface area contributed by atoms with Crippen LogP contribution in [0.25, 0.3) is 0 Å². The van der Waals surface area contributed by atoms with E-state index in [9.17, 15) is 14.4 Å². The van der Waals surface area contributed by atoms with Crippen molar-refractivity contribution >= 4 is 36.6 Å². The van der Waals surface area contributed by atoms with E-state index in [1.165, 1.54) is 27.9 Å². The fourth-order valence-corrected chi connectivity index (χ4v) is 11.5. The second-order valence-electron chi connectivity index (χ2n) is 12.6. The molecule has 8 atom stereocenters. The van der Waals surface area contributed by atoms with Crippen molar-refractivity contribution in [2.75, 3.05) is 20.5 Å². The lowest BCUT2D eigenvalue weighted by Crippen LogP contribution is -2.74. The molecule has 250 valence electrons. The second kappa shape index (κ2) is 13.5. The van der Waals surface area contributed by atoms with E-state index in [1.807, 2.05) is 36.4 Å². The average Bonchev–Trinajstić information content (AvgIpc) is 3.58. The molecule has 1 spiro atoms. The first kappa shape index (κ1) is 34.2. The highest BCUT2D eigenvalue weighted by Crippen LogP contribution is 2.50. The minimum Gasteiger partial charge on any atom is -0.455 e. The first-order chi connectivity index (χ1) is 21.8. The van der Waals surface area contributed by atoms with E-state index >= 15 is 0 Å². The van der Waals surface area contributed by atoms with Crippen molar-refractivity contribution in [1.82, 2.24) is 0 Å². The molecule has 12 nitrogen and oxygen atoms in total. The van der Waals surface area contributed by atoms with E-state index < -0.39 is 74.9 Å². The van der Waals surface area contributed by atoms with Gasteiger partial charge in [-0.2, -0.15) is 0 Å². The van der Waals surface area contributed by atoms with Crippen LogP contribution in [-0.4, -0.2) is 95.4 Å². The number of hydrogen-bond donors (Lipinski definition) is 0. The maximum Gasteiger partial charge on any atom is 0.303 e. The predicted octanol–water partition coefficient (Wildman–Crippen LogP) is 2.20. The third-order valence-electron chi connectivity index (χ3n) is 8.63. The summed E-state index contributed by atoms with van der Waals surface area (Å²) in [6, 6.07) is 20.1. The van der Waals surface area contributed by atoms with Gasteiger partial charge >= 0.3 is 17.9 Å². The summed E-state index contributed by atoms with van der Waals surface area (Å²) in [5.41, 5.74) is -1.68. The molecule has 2 aromatic carbocycles. The molecule has 0 aliphatic carbocycles. The fraction of sp³-hybridized carbons (Fsp3) is 0.545. The van der Waals surface area contributed by atoms with Crippen LogP contribution >= 0.6 is 0 Å². The summed E-state index contributed by atoms with van der Waals surface area (Å²) >= 11 is 0. The molecule has 0 bridgehead atoms. The zero-order valence-corrected chi connectivity index (χ0v) is 28.1. The van der Waals surface area contributed by atoms with E-state index in [0.29, 0.717) is 0 Å². The Morgan fingerprint density at radius 1 is 0.826 bits per heavy atom. The van der Waals surface area contributed by atoms with Crippen molar-refractivity contribution in [3.05, 3.63) is 60.7 Å². The third-order valence-corrected chi connectivity index (χ3v) is 13.6. The van der Waals surface area contributed by atoms with Crippen molar-refractivity contribution in [3.8, 4) is 0 Å². The number of hydrogen-bond acceptors (Lipinski definition) is 12. The number of carbonyl (C=O) groups excluding carboxylic acids is 3. The minimum atomic E-state index is -3.10. The maximum absolute atomic E-state index is 12.7. The number of esters is 3. The van der Waals surface area contributed by atoms with Crippen LogP contribution in [0, 0.1) is 0 Å². The van der Waals surface area contributed by atoms with Gasteiger partial charge in [0, 0.05) is 27.9 Å². The molecule has 0 unspecified atom stereocenters. The van der Waals surface area contributed by atoms with Gasteiger partial charge in [-0.1, -0.05) is 81.4 Å². The van der Waals surface area contributed by atoms with Gasteiger partial charge in [0.1, 0.15) is 12.2 Å². The number of benzene rings is 2. The first-order valence-corrected chi connectivity index (χ1v) is 17.1. The Morgan fingerprint density at radius 2 is 1.37 bits per heavy atom. The SMILES string of the molecule is CO[C@@H]1O[C@]2([C@@H]3OCO[C@@H]3O[C@@H]2CO[Si](c2ccccc2)(c2ccccc2)C(C)(C)C)[C@@H](OC(C)=O)[C@H](OC(C)=O)[C@@H]1OC(C)=O. The van der Waals surface area contributed by atoms with Crippen molar-refractivity contribution in [1.29, 1.82) is 0 Å². The molecule has 3 aliphatic heterocycles. The topological polar surface area (TPSA) is 134 Å². The smallest absolute Gasteiger partial charge is 0.303 e. The highest BCUT2D eigenvalue weighted by Gasteiger charge is 2.73. The minimum absolute atomic E-state index is 0.0633. The van der Waals surface area contributed by atoms with Gasteiger partial charge in [-0.15, -0.1) is 0 Å². The molecule has 0 amide bonds. The first-order valence-electron chi connectivity index (χ1n) is 15.2. The van der Waals surface area contributed by atoms with Crippen LogP contribution in [0.5, 0.6) is 0 Å². The normalized spacial score (nSPS) is 30.9. The van der Waals surface area contributed by atoms with E-state index in [-0.39, 0.29) is 18.4 Å². The van der Waals surface area contributed by atoms with Crippen LogP contribution in [0.15, 0.2) is 60.7 Å². The lowest BCUT2D eigenvalue weighted by atomic mass is 9.79. The Kier molecular flexibility index (Phi) is 10.0. The molecule has 0 aromatic heterocycles. The fourth-order valence-electron chi connectivity index (χ4n) is 6.94. The lowest BCUT2D eigenvalue weighted by molar-refractivity contribution is -0.353. The number of methoxy groups -OCH3 is 1. The van der Waals surface area contributed by atoms with Gasteiger partial charge in [0.15, 0.2) is 43.3 Å². The van der Waals surface area contributed by atoms with Gasteiger partial charge in [0.05, 0.1) is 6.61 Å². The monoisotopic (exact) mass is 658 g/mol. The number of carbonyl (C=O) groups is 3. The Hall–Kier alpha value is -3.17. The van der Waals surface area contributed by atoms with Crippen molar-refractivity contribution in [3.63, 3.8) is 0 Å². The second-order valence-corrected chi connectivity index (χ2v) is 16.9. The highest BCUT2D eigenvalue weighted by atomic mass is 28.4. The Morgan fingerprint density at radius 3 is 1.87 bits per heavy atom. The molecule has 3 fully saturated rings. The van der Waals surface area contributed by atoms with E-state index in [4.69, 9.17) is 42.3 Å². The Bertz CT molecular complexity index is 1340. The summed E-state index contributed by atoms with van der Waals surface area (Å²) in [5, 5.41) is 1.71. The summed E-state index contributed by atoms with van der Waals surface area (Å²) in [6.07, 6.45) is -8.20. The van der Waals surface area contributed by atoms with Gasteiger partial charge in [0.2, 0.25) is 0 Å². The summed E-state index contributed by atoms with van der Waals surface area (Å²) in [6.45, 7) is 9.86. The van der Waals surface area contributed by atoms with Crippen LogP contribution in [0.2, 0.25) is 5.04 Å². The highest BCUT2D eigenvalue weighted by molar-refractivity contribution is 6.99. The molecule has 3 saturated heterocycles. The van der Waals surface area contributed by atoms with Gasteiger partial charge in [-0.25, -0.2) is 0 Å². The molecule has 0 saturated carbocycles. The van der Waals surface area contributed by atoms with Crippen molar-refractivity contribution in [2.45, 2.75) is 95.3 Å². The quantitative estimate of drug-likeness (QED) is 0.222. The van der Waals surface area contributed by atoms with Crippen LogP contribution in [0.4, 0.5) is 0 Å². The summed E-state index contributed by atoms with van der Waals surface area (Å²) in [4.78, 5) is 37.4. The van der Waals surface area contributed by atoms with Crippen LogP contribution in [-0.2, 0) is 56.7 Å². The van der Waals surface area contributed by atoms with Crippen molar-refractivity contribution in [2.24, 2.45) is 0 Å². The summed E-state index contributed by atoms with van der Waals surface area (Å²) < 4.78 is 55.0. The predicted molar refractivity (Wildman–Crippen MR) is 164 cm³/mol. The average molecular weight is 659 g/mol. The summed E-state index contributed by atoms with van der Waals surface area (Å²) in [5.74, 6) is -2.08. The molecular weight excluding hydrogens is 616 g/mol. The molecule has 3 heterocycles. The molecule has 2 aromatic rings. The van der Waals surface area contributed by atoms with E-state index in [2.05, 4.69) is 45.0 Å². The number of fused-ring (bicyclic) bond motifs is 2. The molecule has 0 N–H and O–H groups in total.